The van der Waals surface area contributed by atoms with E-state index in [2.05, 4.69) is 4.98 Å². The first-order valence-electron chi connectivity index (χ1n) is 5.62. The van der Waals surface area contributed by atoms with Crippen LogP contribution in [0.15, 0.2) is 30.3 Å². The van der Waals surface area contributed by atoms with Crippen molar-refractivity contribution < 1.29 is 14.6 Å². The van der Waals surface area contributed by atoms with Gasteiger partial charge in [0, 0.05) is 11.1 Å². The van der Waals surface area contributed by atoms with Crippen molar-refractivity contribution in [3.63, 3.8) is 0 Å². The average molecular weight is 278 g/mol. The number of halogens is 1. The monoisotopic (exact) mass is 277 g/mol. The van der Waals surface area contributed by atoms with Gasteiger partial charge in [-0.2, -0.15) is 0 Å². The van der Waals surface area contributed by atoms with Gasteiger partial charge in [-0.15, -0.1) is 0 Å². The number of rotatable bonds is 3. The zero-order valence-electron chi connectivity index (χ0n) is 10.5. The van der Waals surface area contributed by atoms with E-state index in [1.54, 1.807) is 25.1 Å². The number of hydrogen-bond acceptors (Lipinski definition) is 3. The predicted molar refractivity (Wildman–Crippen MR) is 72.2 cm³/mol. The van der Waals surface area contributed by atoms with E-state index in [1.165, 1.54) is 12.1 Å². The van der Waals surface area contributed by atoms with Crippen LogP contribution in [-0.4, -0.2) is 16.1 Å². The summed E-state index contributed by atoms with van der Waals surface area (Å²) in [6, 6.07) is 8.27. The molecular weight excluding hydrogens is 266 g/mol. The summed E-state index contributed by atoms with van der Waals surface area (Å²) in [5, 5.41) is 9.58. The lowest BCUT2D eigenvalue weighted by atomic mass is 10.2. The SMILES string of the molecule is Cc1cc(Oc2ccc(C(=O)O)c(C)n2)ccc1Cl. The summed E-state index contributed by atoms with van der Waals surface area (Å²) in [7, 11) is 0. The molecule has 1 aromatic carbocycles. The maximum atomic E-state index is 10.9. The predicted octanol–water partition coefficient (Wildman–Crippen LogP) is 3.84. The van der Waals surface area contributed by atoms with Crippen molar-refractivity contribution in [2.24, 2.45) is 0 Å². The van der Waals surface area contributed by atoms with Gasteiger partial charge in [0.1, 0.15) is 5.75 Å². The Bertz CT molecular complexity index is 641. The average Bonchev–Trinajstić information content (AvgIpc) is 2.33. The lowest BCUT2D eigenvalue weighted by Gasteiger charge is -2.08. The first-order valence-corrected chi connectivity index (χ1v) is 6.00. The highest BCUT2D eigenvalue weighted by molar-refractivity contribution is 6.31. The zero-order valence-corrected chi connectivity index (χ0v) is 11.2. The molecular formula is C14H12ClNO3. The largest absolute Gasteiger partial charge is 0.478 e. The third kappa shape index (κ3) is 3.03. The molecule has 4 nitrogen and oxygen atoms in total. The van der Waals surface area contributed by atoms with Crippen molar-refractivity contribution >= 4 is 17.6 Å². The van der Waals surface area contributed by atoms with Crippen LogP contribution in [0, 0.1) is 13.8 Å². The summed E-state index contributed by atoms with van der Waals surface area (Å²) in [6.45, 7) is 3.50. The van der Waals surface area contributed by atoms with Crippen molar-refractivity contribution in [2.45, 2.75) is 13.8 Å². The van der Waals surface area contributed by atoms with Gasteiger partial charge in [-0.3, -0.25) is 0 Å². The molecule has 1 heterocycles. The summed E-state index contributed by atoms with van der Waals surface area (Å²) < 4.78 is 5.57. The van der Waals surface area contributed by atoms with Crippen molar-refractivity contribution in [3.05, 3.63) is 52.2 Å². The number of carbonyl (C=O) groups is 1. The Balaban J connectivity index is 2.26. The number of aromatic nitrogens is 1. The Morgan fingerprint density at radius 2 is 2.00 bits per heavy atom. The van der Waals surface area contributed by atoms with Gasteiger partial charge in [-0.05, 0) is 43.7 Å². The summed E-state index contributed by atoms with van der Waals surface area (Å²) >= 11 is 5.93. The maximum absolute atomic E-state index is 10.9. The highest BCUT2D eigenvalue weighted by Gasteiger charge is 2.09. The van der Waals surface area contributed by atoms with E-state index in [1.807, 2.05) is 6.92 Å². The molecule has 0 spiro atoms. The van der Waals surface area contributed by atoms with E-state index >= 15 is 0 Å². The van der Waals surface area contributed by atoms with Gasteiger partial charge in [0.25, 0.3) is 0 Å². The highest BCUT2D eigenvalue weighted by atomic mass is 35.5. The molecule has 0 saturated heterocycles. The van der Waals surface area contributed by atoms with Gasteiger partial charge >= 0.3 is 5.97 Å². The molecule has 2 aromatic rings. The molecule has 0 saturated carbocycles. The number of pyridine rings is 1. The molecule has 0 amide bonds. The number of hydrogen-bond donors (Lipinski definition) is 1. The van der Waals surface area contributed by atoms with E-state index in [-0.39, 0.29) is 5.56 Å². The number of aryl methyl sites for hydroxylation is 2. The van der Waals surface area contributed by atoms with Crippen LogP contribution in [0.5, 0.6) is 11.6 Å². The fourth-order valence-electron chi connectivity index (χ4n) is 1.62. The first-order chi connectivity index (χ1) is 8.97. The Morgan fingerprint density at radius 3 is 2.58 bits per heavy atom. The minimum Gasteiger partial charge on any atom is -0.478 e. The molecule has 1 N–H and O–H groups in total. The third-order valence-corrected chi connectivity index (χ3v) is 3.07. The molecule has 98 valence electrons. The molecule has 1 aromatic heterocycles. The maximum Gasteiger partial charge on any atom is 0.337 e. The molecule has 2 rings (SSSR count). The molecule has 0 radical (unpaired) electrons. The van der Waals surface area contributed by atoms with E-state index in [0.29, 0.717) is 22.3 Å². The summed E-state index contributed by atoms with van der Waals surface area (Å²) in [5.41, 5.74) is 1.48. The van der Waals surface area contributed by atoms with Gasteiger partial charge in [-0.25, -0.2) is 9.78 Å². The van der Waals surface area contributed by atoms with Crippen molar-refractivity contribution in [1.82, 2.24) is 4.98 Å². The molecule has 5 heteroatoms. The first kappa shape index (κ1) is 13.4. The standard InChI is InChI=1S/C14H12ClNO3/c1-8-7-10(3-5-12(8)15)19-13-6-4-11(14(17)18)9(2)16-13/h3-7H,1-2H3,(H,17,18). The second kappa shape index (κ2) is 5.28. The van der Waals surface area contributed by atoms with Crippen LogP contribution in [0.25, 0.3) is 0 Å². The van der Waals surface area contributed by atoms with Crippen LogP contribution in [0.2, 0.25) is 5.02 Å². The quantitative estimate of drug-likeness (QED) is 0.926. The lowest BCUT2D eigenvalue weighted by Crippen LogP contribution is -2.02. The van der Waals surface area contributed by atoms with Gasteiger partial charge in [0.15, 0.2) is 0 Å². The van der Waals surface area contributed by atoms with Crippen molar-refractivity contribution in [2.75, 3.05) is 0 Å². The van der Waals surface area contributed by atoms with E-state index in [0.717, 1.165) is 5.56 Å². The summed E-state index contributed by atoms with van der Waals surface area (Å²) in [4.78, 5) is 15.0. The molecule has 0 aliphatic rings. The fraction of sp³-hybridized carbons (Fsp3) is 0.143. The Morgan fingerprint density at radius 1 is 1.26 bits per heavy atom. The molecule has 0 fully saturated rings. The van der Waals surface area contributed by atoms with Crippen LogP contribution >= 0.6 is 11.6 Å². The minimum absolute atomic E-state index is 0.166. The minimum atomic E-state index is -1.00. The van der Waals surface area contributed by atoms with Crippen LogP contribution in [0.3, 0.4) is 0 Å². The number of aromatic carboxylic acids is 1. The van der Waals surface area contributed by atoms with Crippen molar-refractivity contribution in [1.29, 1.82) is 0 Å². The second-order valence-electron chi connectivity index (χ2n) is 4.10. The van der Waals surface area contributed by atoms with E-state index in [4.69, 9.17) is 21.4 Å². The van der Waals surface area contributed by atoms with Crippen LogP contribution in [0.1, 0.15) is 21.6 Å². The highest BCUT2D eigenvalue weighted by Crippen LogP contribution is 2.25. The number of carboxylic acid groups (broad SMARTS) is 1. The molecule has 0 unspecified atom stereocenters. The molecule has 0 aliphatic carbocycles. The number of benzene rings is 1. The van der Waals surface area contributed by atoms with Gasteiger partial charge < -0.3 is 9.84 Å². The second-order valence-corrected chi connectivity index (χ2v) is 4.51. The summed E-state index contributed by atoms with van der Waals surface area (Å²) in [5.74, 6) is -0.0417. The zero-order chi connectivity index (χ0) is 14.0. The Kier molecular flexibility index (Phi) is 3.71. The molecule has 0 bridgehead atoms. The smallest absolute Gasteiger partial charge is 0.337 e. The van der Waals surface area contributed by atoms with Crippen LogP contribution in [-0.2, 0) is 0 Å². The molecule has 19 heavy (non-hydrogen) atoms. The van der Waals surface area contributed by atoms with E-state index < -0.39 is 5.97 Å². The number of carboxylic acids is 1. The fourth-order valence-corrected chi connectivity index (χ4v) is 1.74. The third-order valence-electron chi connectivity index (χ3n) is 2.64. The lowest BCUT2D eigenvalue weighted by molar-refractivity contribution is 0.0695. The topological polar surface area (TPSA) is 59.4 Å². The number of nitrogens with zero attached hydrogens (tertiary/aromatic N) is 1. The van der Waals surface area contributed by atoms with E-state index in [9.17, 15) is 4.79 Å². The van der Waals surface area contributed by atoms with Gasteiger partial charge in [-0.1, -0.05) is 11.6 Å². The van der Waals surface area contributed by atoms with Crippen LogP contribution in [0.4, 0.5) is 0 Å². The van der Waals surface area contributed by atoms with Crippen molar-refractivity contribution in [3.8, 4) is 11.6 Å². The molecule has 0 atom stereocenters. The van der Waals surface area contributed by atoms with Gasteiger partial charge in [0.05, 0.1) is 11.3 Å². The normalized spacial score (nSPS) is 10.3. The Labute approximate surface area is 115 Å². The van der Waals surface area contributed by atoms with Gasteiger partial charge in [0.2, 0.25) is 5.88 Å². The number of ether oxygens (including phenoxy) is 1. The molecule has 0 aliphatic heterocycles. The summed E-state index contributed by atoms with van der Waals surface area (Å²) in [6.07, 6.45) is 0. The Hall–Kier alpha value is -2.07. The van der Waals surface area contributed by atoms with Crippen LogP contribution < -0.4 is 4.74 Å².